The van der Waals surface area contributed by atoms with E-state index < -0.39 is 27.9 Å². The molecule has 0 saturated carbocycles. The lowest BCUT2D eigenvalue weighted by Crippen LogP contribution is -2.48. The first-order valence-electron chi connectivity index (χ1n) is 9.75. The summed E-state index contributed by atoms with van der Waals surface area (Å²) in [5.41, 5.74) is 1.49. The van der Waals surface area contributed by atoms with Gasteiger partial charge in [0, 0.05) is 24.5 Å². The van der Waals surface area contributed by atoms with E-state index in [2.05, 4.69) is 16.0 Å². The van der Waals surface area contributed by atoms with E-state index in [1.807, 2.05) is 6.92 Å². The van der Waals surface area contributed by atoms with E-state index in [4.69, 9.17) is 9.15 Å². The number of carbonyl (C=O) groups excluding carboxylic acids is 2. The average Bonchev–Trinajstić information content (AvgIpc) is 3.26. The van der Waals surface area contributed by atoms with Crippen LogP contribution in [0.25, 0.3) is 0 Å². The summed E-state index contributed by atoms with van der Waals surface area (Å²) in [6, 6.07) is 8.47. The Kier molecular flexibility index (Phi) is 6.81. The summed E-state index contributed by atoms with van der Waals surface area (Å²) in [4.78, 5) is 25.1. The fraction of sp³-hybridized carbons (Fsp3) is 0.333. The molecule has 2 atom stereocenters. The number of ether oxygens (including phenoxy) is 1. The van der Waals surface area contributed by atoms with Gasteiger partial charge >= 0.3 is 12.0 Å². The summed E-state index contributed by atoms with van der Waals surface area (Å²) >= 11 is 0. The molecule has 1 aliphatic heterocycles. The maximum absolute atomic E-state index is 12.7. The maximum Gasteiger partial charge on any atom is 0.338 e. The highest BCUT2D eigenvalue weighted by Gasteiger charge is 2.35. The summed E-state index contributed by atoms with van der Waals surface area (Å²) in [7, 11) is -3.27. The van der Waals surface area contributed by atoms with Crippen molar-refractivity contribution in [1.29, 1.82) is 0 Å². The molecule has 0 fully saturated rings. The number of hydrogen-bond donors (Lipinski definition) is 3. The molecule has 0 bridgehead atoms. The molecule has 1 aromatic heterocycles. The van der Waals surface area contributed by atoms with E-state index in [9.17, 15) is 18.0 Å². The Bertz CT molecular complexity index is 1070. The minimum atomic E-state index is -3.27. The van der Waals surface area contributed by atoms with Gasteiger partial charge in [0.15, 0.2) is 9.84 Å². The van der Waals surface area contributed by atoms with Crippen LogP contribution in [0.2, 0.25) is 0 Å². The largest absolute Gasteiger partial charge is 0.467 e. The standard InChI is InChI=1S/C21H25N3O6S/c1-4-29-20(25)18-16(23-21(26)24-19(18)17-6-5-11-30-17)12-22-13(2)14-7-9-15(10-8-14)31(3,27)28/h5-11,13,19,22H,4,12H2,1-3H3,(H2,23,24,26)/t13-,19-/m0/s1. The molecule has 0 unspecified atom stereocenters. The predicted molar refractivity (Wildman–Crippen MR) is 113 cm³/mol. The molecule has 1 aliphatic rings. The van der Waals surface area contributed by atoms with Gasteiger partial charge in [-0.05, 0) is 43.7 Å². The molecule has 166 valence electrons. The van der Waals surface area contributed by atoms with Crippen LogP contribution in [0.1, 0.15) is 37.3 Å². The van der Waals surface area contributed by atoms with Crippen LogP contribution in [-0.4, -0.2) is 39.8 Å². The number of carbonyl (C=O) groups is 2. The summed E-state index contributed by atoms with van der Waals surface area (Å²) in [6.07, 6.45) is 2.62. The Morgan fingerprint density at radius 3 is 2.55 bits per heavy atom. The fourth-order valence-electron chi connectivity index (χ4n) is 3.25. The number of amides is 2. The van der Waals surface area contributed by atoms with Crippen molar-refractivity contribution in [3.05, 3.63) is 65.3 Å². The van der Waals surface area contributed by atoms with E-state index in [1.165, 1.54) is 6.26 Å². The van der Waals surface area contributed by atoms with E-state index in [1.54, 1.807) is 43.3 Å². The lowest BCUT2D eigenvalue weighted by Gasteiger charge is -2.28. The monoisotopic (exact) mass is 447 g/mol. The quantitative estimate of drug-likeness (QED) is 0.530. The van der Waals surface area contributed by atoms with E-state index in [0.29, 0.717) is 11.5 Å². The molecule has 2 aromatic rings. The van der Waals surface area contributed by atoms with Crippen LogP contribution in [0.3, 0.4) is 0 Å². The Hall–Kier alpha value is -3.11. The van der Waals surface area contributed by atoms with Crippen LogP contribution in [0.15, 0.2) is 63.2 Å². The van der Waals surface area contributed by atoms with Crippen LogP contribution in [0.5, 0.6) is 0 Å². The number of nitrogens with one attached hydrogen (secondary N) is 3. The second-order valence-electron chi connectivity index (χ2n) is 7.10. The third-order valence-electron chi connectivity index (χ3n) is 4.87. The summed E-state index contributed by atoms with van der Waals surface area (Å²) in [6.45, 7) is 3.96. The first-order valence-corrected chi connectivity index (χ1v) is 11.6. The number of furan rings is 1. The number of esters is 1. The molecule has 2 amide bonds. The molecule has 3 rings (SSSR count). The van der Waals surface area contributed by atoms with Crippen molar-refractivity contribution in [3.63, 3.8) is 0 Å². The highest BCUT2D eigenvalue weighted by molar-refractivity contribution is 7.90. The van der Waals surface area contributed by atoms with Crippen LogP contribution < -0.4 is 16.0 Å². The molecule has 2 heterocycles. The first kappa shape index (κ1) is 22.6. The number of rotatable bonds is 8. The zero-order valence-electron chi connectivity index (χ0n) is 17.5. The van der Waals surface area contributed by atoms with Gasteiger partial charge < -0.3 is 25.1 Å². The minimum Gasteiger partial charge on any atom is -0.467 e. The minimum absolute atomic E-state index is 0.174. The van der Waals surface area contributed by atoms with Crippen LogP contribution in [-0.2, 0) is 19.4 Å². The van der Waals surface area contributed by atoms with Gasteiger partial charge in [-0.2, -0.15) is 0 Å². The van der Waals surface area contributed by atoms with Crippen molar-refractivity contribution in [2.75, 3.05) is 19.4 Å². The number of hydrogen-bond acceptors (Lipinski definition) is 7. The van der Waals surface area contributed by atoms with Crippen LogP contribution in [0, 0.1) is 0 Å². The van der Waals surface area contributed by atoms with Crippen molar-refractivity contribution in [1.82, 2.24) is 16.0 Å². The van der Waals surface area contributed by atoms with E-state index in [0.717, 1.165) is 11.8 Å². The van der Waals surface area contributed by atoms with Crippen molar-refractivity contribution in [3.8, 4) is 0 Å². The molecule has 3 N–H and O–H groups in total. The molecular weight excluding hydrogens is 422 g/mol. The lowest BCUT2D eigenvalue weighted by atomic mass is 9.99. The normalized spacial score (nSPS) is 17.6. The molecule has 0 radical (unpaired) electrons. The SMILES string of the molecule is CCOC(=O)C1=C(CN[C@@H](C)c2ccc(S(C)(=O)=O)cc2)NC(=O)N[C@H]1c1ccco1. The van der Waals surface area contributed by atoms with Gasteiger partial charge in [0.25, 0.3) is 0 Å². The van der Waals surface area contributed by atoms with Crippen molar-refractivity contribution in [2.24, 2.45) is 0 Å². The first-order chi connectivity index (χ1) is 14.7. The third-order valence-corrected chi connectivity index (χ3v) is 6.00. The van der Waals surface area contributed by atoms with Crippen LogP contribution in [0.4, 0.5) is 4.79 Å². The molecule has 1 aromatic carbocycles. The third kappa shape index (κ3) is 5.33. The molecule has 31 heavy (non-hydrogen) atoms. The van der Waals surface area contributed by atoms with Gasteiger partial charge in [0.1, 0.15) is 11.8 Å². The zero-order valence-corrected chi connectivity index (χ0v) is 18.3. The number of urea groups is 1. The average molecular weight is 448 g/mol. The van der Waals surface area contributed by atoms with Gasteiger partial charge in [0.2, 0.25) is 0 Å². The Morgan fingerprint density at radius 2 is 1.97 bits per heavy atom. The van der Waals surface area contributed by atoms with Crippen molar-refractivity contribution < 1.29 is 27.2 Å². The zero-order chi connectivity index (χ0) is 22.6. The van der Waals surface area contributed by atoms with Crippen molar-refractivity contribution in [2.45, 2.75) is 30.8 Å². The maximum atomic E-state index is 12.7. The smallest absolute Gasteiger partial charge is 0.338 e. The predicted octanol–water partition coefficient (Wildman–Crippen LogP) is 2.21. The Morgan fingerprint density at radius 1 is 1.26 bits per heavy atom. The second-order valence-corrected chi connectivity index (χ2v) is 9.12. The fourth-order valence-corrected chi connectivity index (χ4v) is 3.88. The Balaban J connectivity index is 1.84. The number of benzene rings is 1. The molecule has 0 spiro atoms. The molecule has 10 heteroatoms. The number of sulfone groups is 1. The topological polar surface area (TPSA) is 127 Å². The van der Waals surface area contributed by atoms with Gasteiger partial charge in [-0.15, -0.1) is 0 Å². The van der Waals surface area contributed by atoms with Crippen LogP contribution >= 0.6 is 0 Å². The molecular formula is C21H25N3O6S. The van der Waals surface area contributed by atoms with Gasteiger partial charge in [-0.25, -0.2) is 18.0 Å². The molecule has 0 saturated heterocycles. The molecule has 9 nitrogen and oxygen atoms in total. The lowest BCUT2D eigenvalue weighted by molar-refractivity contribution is -0.139. The van der Waals surface area contributed by atoms with Gasteiger partial charge in [-0.3, -0.25) is 0 Å². The van der Waals surface area contributed by atoms with E-state index in [-0.39, 0.29) is 29.7 Å². The van der Waals surface area contributed by atoms with E-state index >= 15 is 0 Å². The molecule has 0 aliphatic carbocycles. The second kappa shape index (κ2) is 9.36. The summed E-state index contributed by atoms with van der Waals surface area (Å²) in [5, 5.41) is 8.62. The highest BCUT2D eigenvalue weighted by Crippen LogP contribution is 2.28. The summed E-state index contributed by atoms with van der Waals surface area (Å²) < 4.78 is 33.9. The highest BCUT2D eigenvalue weighted by atomic mass is 32.2. The Labute approximate surface area is 180 Å². The van der Waals surface area contributed by atoms with Crippen molar-refractivity contribution >= 4 is 21.8 Å². The summed E-state index contributed by atoms with van der Waals surface area (Å²) in [5.74, 6) is -0.141. The van der Waals surface area contributed by atoms with Gasteiger partial charge in [0.05, 0.1) is 23.3 Å². The van der Waals surface area contributed by atoms with Gasteiger partial charge in [-0.1, -0.05) is 12.1 Å².